The summed E-state index contributed by atoms with van der Waals surface area (Å²) in [5.41, 5.74) is 1.17. The Morgan fingerprint density at radius 2 is 2.00 bits per heavy atom. The van der Waals surface area contributed by atoms with Crippen LogP contribution < -0.4 is 15.4 Å². The molecule has 0 saturated heterocycles. The van der Waals surface area contributed by atoms with Crippen LogP contribution in [0.5, 0.6) is 5.75 Å². The van der Waals surface area contributed by atoms with Crippen molar-refractivity contribution in [3.05, 3.63) is 29.8 Å². The lowest BCUT2D eigenvalue weighted by atomic mass is 10.2. The minimum Gasteiger partial charge on any atom is -0.494 e. The first-order valence-electron chi connectivity index (χ1n) is 8.04. The number of hydrogen-bond donors (Lipinski definition) is 2. The first-order chi connectivity index (χ1) is 10.8. The molecule has 0 fully saturated rings. The number of nitrogens with zero attached hydrogens (tertiary/aromatic N) is 1. The van der Waals surface area contributed by atoms with Gasteiger partial charge in [-0.2, -0.15) is 0 Å². The molecule has 0 aliphatic carbocycles. The van der Waals surface area contributed by atoms with Crippen molar-refractivity contribution in [1.82, 2.24) is 10.6 Å². The van der Waals surface area contributed by atoms with Crippen LogP contribution in [0.15, 0.2) is 29.3 Å². The Morgan fingerprint density at radius 1 is 1.14 bits per heavy atom. The van der Waals surface area contributed by atoms with E-state index >= 15 is 0 Å². The molecule has 5 nitrogen and oxygen atoms in total. The molecule has 0 unspecified atom stereocenters. The largest absolute Gasteiger partial charge is 0.494 e. The highest BCUT2D eigenvalue weighted by Crippen LogP contribution is 2.12. The van der Waals surface area contributed by atoms with Crippen LogP contribution in [0.2, 0.25) is 0 Å². The molecule has 0 saturated carbocycles. The number of unbranched alkanes of at least 4 members (excludes halogenated alkanes) is 1. The van der Waals surface area contributed by atoms with Crippen LogP contribution in [0.25, 0.3) is 0 Å². The third kappa shape index (κ3) is 7.88. The van der Waals surface area contributed by atoms with Gasteiger partial charge < -0.3 is 20.1 Å². The first-order valence-corrected chi connectivity index (χ1v) is 8.04. The molecule has 5 heteroatoms. The second kappa shape index (κ2) is 11.9. The van der Waals surface area contributed by atoms with Gasteiger partial charge in [-0.25, -0.2) is 0 Å². The van der Waals surface area contributed by atoms with Crippen molar-refractivity contribution in [3.63, 3.8) is 0 Å². The fourth-order valence-corrected chi connectivity index (χ4v) is 2.00. The Labute approximate surface area is 134 Å². The van der Waals surface area contributed by atoms with E-state index in [4.69, 9.17) is 9.47 Å². The second-order valence-corrected chi connectivity index (χ2v) is 4.84. The van der Waals surface area contributed by atoms with Crippen molar-refractivity contribution < 1.29 is 9.47 Å². The Bertz CT molecular complexity index is 436. The molecular formula is C17H29N3O2. The van der Waals surface area contributed by atoms with Crippen LogP contribution in [0.1, 0.15) is 32.3 Å². The minimum absolute atomic E-state index is 0.682. The number of hydrogen-bond acceptors (Lipinski definition) is 3. The number of nitrogens with one attached hydrogen (secondary N) is 2. The molecule has 0 bridgehead atoms. The third-order valence-electron chi connectivity index (χ3n) is 3.11. The lowest BCUT2D eigenvalue weighted by Gasteiger charge is -2.12. The average Bonchev–Trinajstić information content (AvgIpc) is 2.54. The maximum absolute atomic E-state index is 5.51. The number of rotatable bonds is 10. The predicted molar refractivity (Wildman–Crippen MR) is 91.5 cm³/mol. The zero-order chi connectivity index (χ0) is 16.0. The molecule has 0 spiro atoms. The van der Waals surface area contributed by atoms with E-state index in [1.165, 1.54) is 5.56 Å². The number of aliphatic imine (C=N–C) groups is 1. The number of guanidine groups is 1. The number of ether oxygens (including phenoxy) is 2. The molecule has 0 aromatic heterocycles. The Hall–Kier alpha value is -1.75. The zero-order valence-corrected chi connectivity index (χ0v) is 14.0. The molecule has 22 heavy (non-hydrogen) atoms. The quantitative estimate of drug-likeness (QED) is 0.396. The van der Waals surface area contributed by atoms with Gasteiger partial charge in [-0.05, 0) is 44.4 Å². The van der Waals surface area contributed by atoms with E-state index < -0.39 is 0 Å². The van der Waals surface area contributed by atoms with Crippen LogP contribution in [0, 0.1) is 0 Å². The topological polar surface area (TPSA) is 54.9 Å². The van der Waals surface area contributed by atoms with Gasteiger partial charge in [-0.15, -0.1) is 0 Å². The molecule has 0 atom stereocenters. The maximum Gasteiger partial charge on any atom is 0.191 e. The van der Waals surface area contributed by atoms with Gasteiger partial charge >= 0.3 is 0 Å². The molecule has 0 aliphatic heterocycles. The summed E-state index contributed by atoms with van der Waals surface area (Å²) in [6.45, 7) is 7.92. The molecule has 0 aliphatic rings. The number of benzene rings is 1. The van der Waals surface area contributed by atoms with Crippen molar-refractivity contribution in [2.75, 3.05) is 33.4 Å². The fourth-order valence-electron chi connectivity index (χ4n) is 2.00. The summed E-state index contributed by atoms with van der Waals surface area (Å²) >= 11 is 0. The van der Waals surface area contributed by atoms with Gasteiger partial charge in [-0.1, -0.05) is 12.1 Å². The summed E-state index contributed by atoms with van der Waals surface area (Å²) < 4.78 is 10.8. The molecular weight excluding hydrogens is 278 g/mol. The molecule has 1 aromatic rings. The molecule has 0 radical (unpaired) electrons. The highest BCUT2D eigenvalue weighted by molar-refractivity contribution is 5.79. The van der Waals surface area contributed by atoms with Crippen molar-refractivity contribution >= 4 is 5.96 Å². The molecule has 2 N–H and O–H groups in total. The van der Waals surface area contributed by atoms with Gasteiger partial charge in [0.1, 0.15) is 5.75 Å². The molecule has 0 amide bonds. The maximum atomic E-state index is 5.51. The SMILES string of the molecule is CCOCCCCNC(=NC)NCc1cccc(OCC)c1. The van der Waals surface area contributed by atoms with Gasteiger partial charge in [0.15, 0.2) is 5.96 Å². The van der Waals surface area contributed by atoms with E-state index in [0.717, 1.165) is 50.9 Å². The summed E-state index contributed by atoms with van der Waals surface area (Å²) in [5.74, 6) is 1.72. The summed E-state index contributed by atoms with van der Waals surface area (Å²) in [6.07, 6.45) is 2.13. The van der Waals surface area contributed by atoms with E-state index in [2.05, 4.69) is 21.7 Å². The third-order valence-corrected chi connectivity index (χ3v) is 3.11. The van der Waals surface area contributed by atoms with Gasteiger partial charge in [0.05, 0.1) is 6.61 Å². The van der Waals surface area contributed by atoms with Crippen molar-refractivity contribution in [3.8, 4) is 5.75 Å². The molecule has 0 heterocycles. The lowest BCUT2D eigenvalue weighted by molar-refractivity contribution is 0.143. The average molecular weight is 307 g/mol. The van der Waals surface area contributed by atoms with Crippen LogP contribution in [0.3, 0.4) is 0 Å². The normalized spacial score (nSPS) is 11.3. The molecule has 1 aromatic carbocycles. The molecule has 1 rings (SSSR count). The van der Waals surface area contributed by atoms with Crippen LogP contribution in [-0.4, -0.2) is 39.4 Å². The van der Waals surface area contributed by atoms with E-state index in [0.29, 0.717) is 6.61 Å². The van der Waals surface area contributed by atoms with Crippen LogP contribution in [-0.2, 0) is 11.3 Å². The monoisotopic (exact) mass is 307 g/mol. The summed E-state index contributed by atoms with van der Waals surface area (Å²) in [4.78, 5) is 4.23. The summed E-state index contributed by atoms with van der Waals surface area (Å²) in [6, 6.07) is 8.10. The Balaban J connectivity index is 2.27. The summed E-state index contributed by atoms with van der Waals surface area (Å²) in [5, 5.41) is 6.62. The van der Waals surface area contributed by atoms with Gasteiger partial charge in [-0.3, -0.25) is 4.99 Å². The van der Waals surface area contributed by atoms with Gasteiger partial charge in [0.25, 0.3) is 0 Å². The zero-order valence-electron chi connectivity index (χ0n) is 14.0. The predicted octanol–water partition coefficient (Wildman–Crippen LogP) is 2.57. The lowest BCUT2D eigenvalue weighted by Crippen LogP contribution is -2.37. The highest BCUT2D eigenvalue weighted by Gasteiger charge is 2.00. The smallest absolute Gasteiger partial charge is 0.191 e. The summed E-state index contributed by atoms with van der Waals surface area (Å²) in [7, 11) is 1.78. The minimum atomic E-state index is 0.682. The van der Waals surface area contributed by atoms with E-state index in [-0.39, 0.29) is 0 Å². The molecule has 124 valence electrons. The first kappa shape index (κ1) is 18.3. The van der Waals surface area contributed by atoms with E-state index in [1.807, 2.05) is 32.0 Å². The second-order valence-electron chi connectivity index (χ2n) is 4.84. The van der Waals surface area contributed by atoms with Crippen molar-refractivity contribution in [1.29, 1.82) is 0 Å². The van der Waals surface area contributed by atoms with E-state index in [9.17, 15) is 0 Å². The van der Waals surface area contributed by atoms with Gasteiger partial charge in [0.2, 0.25) is 0 Å². The van der Waals surface area contributed by atoms with Crippen molar-refractivity contribution in [2.24, 2.45) is 4.99 Å². The standard InChI is InChI=1S/C17H29N3O2/c1-4-21-12-7-6-11-19-17(18-3)20-14-15-9-8-10-16(13-15)22-5-2/h8-10,13H,4-7,11-12,14H2,1-3H3,(H2,18,19,20). The van der Waals surface area contributed by atoms with E-state index in [1.54, 1.807) is 7.05 Å². The highest BCUT2D eigenvalue weighted by atomic mass is 16.5. The Morgan fingerprint density at radius 3 is 2.73 bits per heavy atom. The van der Waals surface area contributed by atoms with Gasteiger partial charge in [0, 0.05) is 33.4 Å². The van der Waals surface area contributed by atoms with Crippen LogP contribution >= 0.6 is 0 Å². The van der Waals surface area contributed by atoms with Crippen molar-refractivity contribution in [2.45, 2.75) is 33.2 Å². The fraction of sp³-hybridized carbons (Fsp3) is 0.588. The van der Waals surface area contributed by atoms with Crippen LogP contribution in [0.4, 0.5) is 0 Å². The Kier molecular flexibility index (Phi) is 9.87.